The summed E-state index contributed by atoms with van der Waals surface area (Å²) in [5, 5.41) is 3.64. The molecule has 1 aliphatic rings. The molecule has 1 fully saturated rings. The van der Waals surface area contributed by atoms with Gasteiger partial charge >= 0.3 is 0 Å². The second kappa shape index (κ2) is 6.22. The zero-order valence-corrected chi connectivity index (χ0v) is 10.8. The molecule has 17 heavy (non-hydrogen) atoms. The van der Waals surface area contributed by atoms with Crippen molar-refractivity contribution in [1.82, 2.24) is 5.32 Å². The Morgan fingerprint density at radius 3 is 3.00 bits per heavy atom. The van der Waals surface area contributed by atoms with Crippen molar-refractivity contribution in [3.63, 3.8) is 0 Å². The molecule has 2 heterocycles. The lowest BCUT2D eigenvalue weighted by Gasteiger charge is -2.26. The lowest BCUT2D eigenvalue weighted by atomic mass is 9.90. The van der Waals surface area contributed by atoms with Gasteiger partial charge in [0.15, 0.2) is 0 Å². The maximum absolute atomic E-state index is 5.67. The van der Waals surface area contributed by atoms with Gasteiger partial charge in [0.1, 0.15) is 5.76 Å². The van der Waals surface area contributed by atoms with Crippen LogP contribution in [0.25, 0.3) is 0 Å². The van der Waals surface area contributed by atoms with Crippen molar-refractivity contribution in [3.05, 3.63) is 24.2 Å². The van der Waals surface area contributed by atoms with Gasteiger partial charge < -0.3 is 14.5 Å². The van der Waals surface area contributed by atoms with E-state index in [0.717, 1.165) is 38.2 Å². The van der Waals surface area contributed by atoms with Crippen LogP contribution in [-0.2, 0) is 11.2 Å². The van der Waals surface area contributed by atoms with Crippen molar-refractivity contribution in [2.24, 2.45) is 5.92 Å². The predicted octanol–water partition coefficient (Wildman–Crippen LogP) is 2.62. The van der Waals surface area contributed by atoms with E-state index in [-0.39, 0.29) is 0 Å². The fourth-order valence-electron chi connectivity index (χ4n) is 2.63. The number of nitrogens with one attached hydrogen (secondary N) is 1. The monoisotopic (exact) mass is 237 g/mol. The third-order valence-corrected chi connectivity index (χ3v) is 3.61. The van der Waals surface area contributed by atoms with Crippen LogP contribution in [0.15, 0.2) is 22.8 Å². The Morgan fingerprint density at radius 1 is 1.53 bits per heavy atom. The third-order valence-electron chi connectivity index (χ3n) is 3.61. The predicted molar refractivity (Wildman–Crippen MR) is 68.0 cm³/mol. The van der Waals surface area contributed by atoms with Gasteiger partial charge in [-0.2, -0.15) is 0 Å². The molecule has 1 saturated heterocycles. The van der Waals surface area contributed by atoms with Gasteiger partial charge in [0.05, 0.1) is 12.4 Å². The lowest BCUT2D eigenvalue weighted by Crippen LogP contribution is -2.41. The number of hydrogen-bond acceptors (Lipinski definition) is 3. The van der Waals surface area contributed by atoms with E-state index in [4.69, 9.17) is 9.15 Å². The molecular formula is C14H23NO2. The Morgan fingerprint density at radius 2 is 2.41 bits per heavy atom. The highest BCUT2D eigenvalue weighted by Gasteiger charge is 2.31. The Hall–Kier alpha value is -0.800. The van der Waals surface area contributed by atoms with E-state index in [2.05, 4.69) is 25.2 Å². The van der Waals surface area contributed by atoms with Crippen molar-refractivity contribution in [2.75, 3.05) is 13.2 Å². The van der Waals surface area contributed by atoms with E-state index in [9.17, 15) is 0 Å². The first kappa shape index (κ1) is 12.7. The average Bonchev–Trinajstić information content (AvgIpc) is 2.95. The average molecular weight is 237 g/mol. The summed E-state index contributed by atoms with van der Waals surface area (Å²) in [4.78, 5) is 0. The Labute approximate surface area is 104 Å². The van der Waals surface area contributed by atoms with Gasteiger partial charge in [0.2, 0.25) is 0 Å². The fraction of sp³-hybridized carbons (Fsp3) is 0.714. The summed E-state index contributed by atoms with van der Waals surface area (Å²) in [6.45, 7) is 6.34. The molecule has 3 unspecified atom stereocenters. The second-order valence-corrected chi connectivity index (χ2v) is 4.87. The minimum Gasteiger partial charge on any atom is -0.469 e. The van der Waals surface area contributed by atoms with Crippen LogP contribution in [0.5, 0.6) is 0 Å². The summed E-state index contributed by atoms with van der Waals surface area (Å²) in [7, 11) is 0. The standard InChI is InChI=1S/C14H23NO2/c1-3-7-15-14(10-12-5-4-8-17-12)13-6-9-16-11(13)2/h4-5,8,11,13-15H,3,6-7,9-10H2,1-2H3. The van der Waals surface area contributed by atoms with Crippen LogP contribution in [-0.4, -0.2) is 25.3 Å². The molecule has 2 rings (SSSR count). The van der Waals surface area contributed by atoms with Gasteiger partial charge in [0, 0.05) is 25.0 Å². The summed E-state index contributed by atoms with van der Waals surface area (Å²) >= 11 is 0. The van der Waals surface area contributed by atoms with E-state index in [1.165, 1.54) is 0 Å². The fourth-order valence-corrected chi connectivity index (χ4v) is 2.63. The van der Waals surface area contributed by atoms with Crippen molar-refractivity contribution < 1.29 is 9.15 Å². The highest BCUT2D eigenvalue weighted by Crippen LogP contribution is 2.26. The van der Waals surface area contributed by atoms with Gasteiger partial charge in [-0.1, -0.05) is 6.92 Å². The molecule has 1 aromatic rings. The summed E-state index contributed by atoms with van der Waals surface area (Å²) in [6.07, 6.45) is 5.39. The van der Waals surface area contributed by atoms with Crippen molar-refractivity contribution in [1.29, 1.82) is 0 Å². The SMILES string of the molecule is CCCNC(Cc1ccco1)C1CCOC1C. The highest BCUT2D eigenvalue weighted by molar-refractivity contribution is 5.02. The molecule has 3 heteroatoms. The van der Waals surface area contributed by atoms with E-state index in [0.29, 0.717) is 18.1 Å². The van der Waals surface area contributed by atoms with Crippen LogP contribution >= 0.6 is 0 Å². The number of ether oxygens (including phenoxy) is 1. The molecule has 0 spiro atoms. The Bertz CT molecular complexity index is 310. The van der Waals surface area contributed by atoms with Crippen LogP contribution in [0.2, 0.25) is 0 Å². The summed E-state index contributed by atoms with van der Waals surface area (Å²) in [5.74, 6) is 1.67. The van der Waals surface area contributed by atoms with Crippen LogP contribution in [0, 0.1) is 5.92 Å². The van der Waals surface area contributed by atoms with Crippen LogP contribution in [0.1, 0.15) is 32.4 Å². The van der Waals surface area contributed by atoms with E-state index in [1.807, 2.05) is 6.07 Å². The Balaban J connectivity index is 1.97. The van der Waals surface area contributed by atoms with Gasteiger partial charge in [-0.3, -0.25) is 0 Å². The molecule has 0 amide bonds. The van der Waals surface area contributed by atoms with Crippen LogP contribution in [0.3, 0.4) is 0 Å². The van der Waals surface area contributed by atoms with Crippen LogP contribution in [0.4, 0.5) is 0 Å². The molecular weight excluding hydrogens is 214 g/mol. The van der Waals surface area contributed by atoms with Crippen molar-refractivity contribution in [3.8, 4) is 0 Å². The molecule has 3 atom stereocenters. The minimum absolute atomic E-state index is 0.360. The van der Waals surface area contributed by atoms with E-state index in [1.54, 1.807) is 6.26 Å². The molecule has 96 valence electrons. The largest absolute Gasteiger partial charge is 0.469 e. The Kier molecular flexibility index (Phi) is 4.63. The molecule has 0 saturated carbocycles. The summed E-state index contributed by atoms with van der Waals surface area (Å²) < 4.78 is 11.1. The van der Waals surface area contributed by atoms with Crippen molar-refractivity contribution in [2.45, 2.75) is 45.3 Å². The first-order valence-electron chi connectivity index (χ1n) is 6.68. The number of hydrogen-bond donors (Lipinski definition) is 1. The maximum Gasteiger partial charge on any atom is 0.105 e. The molecule has 0 aliphatic carbocycles. The zero-order valence-electron chi connectivity index (χ0n) is 10.8. The van der Waals surface area contributed by atoms with Gasteiger partial charge in [-0.25, -0.2) is 0 Å². The smallest absolute Gasteiger partial charge is 0.105 e. The van der Waals surface area contributed by atoms with Crippen LogP contribution < -0.4 is 5.32 Å². The first-order chi connectivity index (χ1) is 8.31. The van der Waals surface area contributed by atoms with E-state index >= 15 is 0 Å². The van der Waals surface area contributed by atoms with Gasteiger partial charge in [0.25, 0.3) is 0 Å². The topological polar surface area (TPSA) is 34.4 Å². The molecule has 0 radical (unpaired) electrons. The highest BCUT2D eigenvalue weighted by atomic mass is 16.5. The molecule has 1 aromatic heterocycles. The molecule has 1 aliphatic heterocycles. The van der Waals surface area contributed by atoms with Gasteiger partial charge in [-0.05, 0) is 38.4 Å². The molecule has 3 nitrogen and oxygen atoms in total. The number of rotatable bonds is 6. The maximum atomic E-state index is 5.67. The normalized spacial score (nSPS) is 26.2. The zero-order chi connectivity index (χ0) is 12.1. The lowest BCUT2D eigenvalue weighted by molar-refractivity contribution is 0.0947. The summed E-state index contributed by atoms with van der Waals surface area (Å²) in [5.41, 5.74) is 0. The van der Waals surface area contributed by atoms with Crippen molar-refractivity contribution >= 4 is 0 Å². The van der Waals surface area contributed by atoms with Gasteiger partial charge in [-0.15, -0.1) is 0 Å². The van der Waals surface area contributed by atoms with E-state index < -0.39 is 0 Å². The molecule has 0 aromatic carbocycles. The quantitative estimate of drug-likeness (QED) is 0.826. The first-order valence-corrected chi connectivity index (χ1v) is 6.68. The minimum atomic E-state index is 0.360. The summed E-state index contributed by atoms with van der Waals surface area (Å²) in [6, 6.07) is 4.49. The second-order valence-electron chi connectivity index (χ2n) is 4.87. The third kappa shape index (κ3) is 3.33. The molecule has 0 bridgehead atoms. The molecule has 1 N–H and O–H groups in total. The number of furan rings is 1.